The Morgan fingerprint density at radius 1 is 1.71 bits per heavy atom. The molecule has 2 atom stereocenters. The molecule has 4 N–H and O–H groups in total. The van der Waals surface area contributed by atoms with Crippen LogP contribution in [0.4, 0.5) is 0 Å². The summed E-state index contributed by atoms with van der Waals surface area (Å²) in [5, 5.41) is 11.7. The maximum Gasteiger partial charge on any atom is 0.240 e. The van der Waals surface area contributed by atoms with Crippen molar-refractivity contribution in [2.24, 2.45) is 11.7 Å². The van der Waals surface area contributed by atoms with Crippen molar-refractivity contribution >= 4 is 5.91 Å². The Hall–Kier alpha value is -0.610. The zero-order valence-corrected chi connectivity index (χ0v) is 8.92. The molecule has 1 aliphatic rings. The Kier molecular flexibility index (Phi) is 3.50. The minimum absolute atomic E-state index is 0.0248. The number of nitrogens with two attached hydrogens (primary N) is 1. The molecule has 0 aliphatic heterocycles. The minimum atomic E-state index is -0.761. The molecule has 1 saturated carbocycles. The second-order valence-corrected chi connectivity index (χ2v) is 4.32. The predicted octanol–water partition coefficient (Wildman–Crippen LogP) is 0.000900. The van der Waals surface area contributed by atoms with Crippen molar-refractivity contribution in [3.63, 3.8) is 0 Å². The zero-order valence-electron chi connectivity index (χ0n) is 8.92. The summed E-state index contributed by atoms with van der Waals surface area (Å²) in [6, 6.07) is -0.163. The van der Waals surface area contributed by atoms with Gasteiger partial charge in [-0.15, -0.1) is 0 Å². The molecule has 14 heavy (non-hydrogen) atoms. The maximum absolute atomic E-state index is 11.7. The predicted molar refractivity (Wildman–Crippen MR) is 54.6 cm³/mol. The number of aliphatic hydroxyl groups excluding tert-OH is 1. The van der Waals surface area contributed by atoms with Crippen molar-refractivity contribution < 1.29 is 9.90 Å². The monoisotopic (exact) mass is 200 g/mol. The van der Waals surface area contributed by atoms with Crippen LogP contribution in [0.2, 0.25) is 0 Å². The SMILES string of the molecule is CC[C@H](CO)NC(=O)C(C)(N)C1CC1. The third-order valence-corrected chi connectivity index (χ3v) is 2.96. The van der Waals surface area contributed by atoms with Crippen LogP contribution in [-0.2, 0) is 4.79 Å². The lowest BCUT2D eigenvalue weighted by Crippen LogP contribution is -2.56. The van der Waals surface area contributed by atoms with Gasteiger partial charge in [0.25, 0.3) is 0 Å². The molecular weight excluding hydrogens is 180 g/mol. The Balaban J connectivity index is 2.47. The van der Waals surface area contributed by atoms with Crippen molar-refractivity contribution in [1.82, 2.24) is 5.32 Å². The first kappa shape index (κ1) is 11.5. The molecule has 0 aromatic carbocycles. The summed E-state index contributed by atoms with van der Waals surface area (Å²) in [5.41, 5.74) is 5.17. The molecule has 0 saturated heterocycles. The summed E-state index contributed by atoms with van der Waals surface area (Å²) in [7, 11) is 0. The molecule has 0 aromatic heterocycles. The van der Waals surface area contributed by atoms with E-state index in [1.54, 1.807) is 6.92 Å². The lowest BCUT2D eigenvalue weighted by molar-refractivity contribution is -0.127. The Morgan fingerprint density at radius 2 is 2.29 bits per heavy atom. The summed E-state index contributed by atoms with van der Waals surface area (Å²) in [4.78, 5) is 11.7. The van der Waals surface area contributed by atoms with Crippen LogP contribution in [0.15, 0.2) is 0 Å². The molecule has 0 spiro atoms. The van der Waals surface area contributed by atoms with E-state index in [1.165, 1.54) is 0 Å². The lowest BCUT2D eigenvalue weighted by atomic mass is 9.95. The van der Waals surface area contributed by atoms with Crippen molar-refractivity contribution in [2.45, 2.75) is 44.7 Å². The number of hydrogen-bond acceptors (Lipinski definition) is 3. The number of carbonyl (C=O) groups excluding carboxylic acids is 1. The number of amides is 1. The molecule has 1 amide bonds. The molecule has 0 bridgehead atoms. The fourth-order valence-electron chi connectivity index (χ4n) is 1.49. The highest BCUT2D eigenvalue weighted by molar-refractivity contribution is 5.86. The molecule has 0 aromatic rings. The lowest BCUT2D eigenvalue weighted by Gasteiger charge is -2.26. The number of nitrogens with one attached hydrogen (secondary N) is 1. The van der Waals surface area contributed by atoms with Gasteiger partial charge in [-0.1, -0.05) is 6.92 Å². The van der Waals surface area contributed by atoms with E-state index in [1.807, 2.05) is 6.92 Å². The van der Waals surface area contributed by atoms with Crippen LogP contribution in [0.3, 0.4) is 0 Å². The van der Waals surface area contributed by atoms with Crippen molar-refractivity contribution in [2.75, 3.05) is 6.61 Å². The highest BCUT2D eigenvalue weighted by Gasteiger charge is 2.44. The van der Waals surface area contributed by atoms with E-state index in [2.05, 4.69) is 5.32 Å². The highest BCUT2D eigenvalue weighted by atomic mass is 16.3. The molecule has 1 unspecified atom stereocenters. The fourth-order valence-corrected chi connectivity index (χ4v) is 1.49. The first-order chi connectivity index (χ1) is 6.52. The Morgan fingerprint density at radius 3 is 2.64 bits per heavy atom. The van der Waals surface area contributed by atoms with E-state index in [-0.39, 0.29) is 18.6 Å². The van der Waals surface area contributed by atoms with Gasteiger partial charge in [0, 0.05) is 0 Å². The van der Waals surface area contributed by atoms with Gasteiger partial charge in [-0.3, -0.25) is 4.79 Å². The van der Waals surface area contributed by atoms with Gasteiger partial charge in [0.15, 0.2) is 0 Å². The van der Waals surface area contributed by atoms with E-state index in [0.29, 0.717) is 5.92 Å². The van der Waals surface area contributed by atoms with Crippen molar-refractivity contribution in [3.8, 4) is 0 Å². The molecule has 1 rings (SSSR count). The highest BCUT2D eigenvalue weighted by Crippen LogP contribution is 2.38. The van der Waals surface area contributed by atoms with E-state index in [4.69, 9.17) is 10.8 Å². The van der Waals surface area contributed by atoms with Gasteiger partial charge >= 0.3 is 0 Å². The van der Waals surface area contributed by atoms with Gasteiger partial charge in [0.1, 0.15) is 0 Å². The first-order valence-electron chi connectivity index (χ1n) is 5.23. The van der Waals surface area contributed by atoms with Gasteiger partial charge in [0.05, 0.1) is 18.2 Å². The minimum Gasteiger partial charge on any atom is -0.394 e. The summed E-state index contributed by atoms with van der Waals surface area (Å²) in [5.74, 6) is 0.180. The van der Waals surface area contributed by atoms with E-state index in [9.17, 15) is 4.79 Å². The molecule has 82 valence electrons. The third-order valence-electron chi connectivity index (χ3n) is 2.96. The van der Waals surface area contributed by atoms with Gasteiger partial charge in [-0.25, -0.2) is 0 Å². The maximum atomic E-state index is 11.7. The zero-order chi connectivity index (χ0) is 10.8. The van der Waals surface area contributed by atoms with Gasteiger partial charge in [0.2, 0.25) is 5.91 Å². The Bertz CT molecular complexity index is 208. The van der Waals surface area contributed by atoms with Crippen LogP contribution >= 0.6 is 0 Å². The molecule has 1 aliphatic carbocycles. The normalized spacial score (nSPS) is 22.6. The van der Waals surface area contributed by atoms with Crippen molar-refractivity contribution in [1.29, 1.82) is 0 Å². The van der Waals surface area contributed by atoms with Crippen LogP contribution in [0.25, 0.3) is 0 Å². The third kappa shape index (κ3) is 2.45. The number of hydrogen-bond donors (Lipinski definition) is 3. The van der Waals surface area contributed by atoms with Gasteiger partial charge < -0.3 is 16.2 Å². The fraction of sp³-hybridized carbons (Fsp3) is 0.900. The summed E-state index contributed by atoms with van der Waals surface area (Å²) >= 11 is 0. The Labute approximate surface area is 84.9 Å². The second-order valence-electron chi connectivity index (χ2n) is 4.32. The molecule has 0 radical (unpaired) electrons. The van der Waals surface area contributed by atoms with E-state index >= 15 is 0 Å². The number of aliphatic hydroxyl groups is 1. The smallest absolute Gasteiger partial charge is 0.240 e. The molecule has 1 fully saturated rings. The largest absolute Gasteiger partial charge is 0.394 e. The molecule has 0 heterocycles. The van der Waals surface area contributed by atoms with Crippen LogP contribution in [0.1, 0.15) is 33.1 Å². The van der Waals surface area contributed by atoms with Crippen LogP contribution in [-0.4, -0.2) is 29.2 Å². The molecular formula is C10H20N2O2. The van der Waals surface area contributed by atoms with Crippen molar-refractivity contribution in [3.05, 3.63) is 0 Å². The molecule has 4 nitrogen and oxygen atoms in total. The van der Waals surface area contributed by atoms with Crippen LogP contribution < -0.4 is 11.1 Å². The van der Waals surface area contributed by atoms with E-state index in [0.717, 1.165) is 19.3 Å². The summed E-state index contributed by atoms with van der Waals surface area (Å²) < 4.78 is 0. The van der Waals surface area contributed by atoms with Gasteiger partial charge in [-0.05, 0) is 32.1 Å². The topological polar surface area (TPSA) is 75.3 Å². The second kappa shape index (κ2) is 4.28. The van der Waals surface area contributed by atoms with Crippen LogP contribution in [0, 0.1) is 5.92 Å². The van der Waals surface area contributed by atoms with Crippen LogP contribution in [0.5, 0.6) is 0 Å². The standard InChI is InChI=1S/C10H20N2O2/c1-3-8(6-13)12-9(14)10(2,11)7-4-5-7/h7-8,13H,3-6,11H2,1-2H3,(H,12,14)/t8-,10?/m1/s1. The summed E-state index contributed by atoms with van der Waals surface area (Å²) in [6.45, 7) is 3.67. The quantitative estimate of drug-likeness (QED) is 0.585. The first-order valence-corrected chi connectivity index (χ1v) is 5.23. The number of rotatable bonds is 5. The average molecular weight is 200 g/mol. The van der Waals surface area contributed by atoms with Gasteiger partial charge in [-0.2, -0.15) is 0 Å². The number of carbonyl (C=O) groups is 1. The molecule has 4 heteroatoms. The van der Waals surface area contributed by atoms with E-state index < -0.39 is 5.54 Å². The average Bonchev–Trinajstić information content (AvgIpc) is 2.96. The summed E-state index contributed by atoms with van der Waals surface area (Å²) in [6.07, 6.45) is 2.80.